The van der Waals surface area contributed by atoms with Crippen molar-refractivity contribution in [3.8, 4) is 11.5 Å². The standard InChI is InChI=1S/C16H17BrO/c1-3-4-13-5-7-14(8-6-13)18-15-9-10-16(17)12(2)11-15/h5-11H,3-4H2,1-2H3. The molecule has 18 heavy (non-hydrogen) atoms. The highest BCUT2D eigenvalue weighted by Crippen LogP contribution is 2.26. The van der Waals surface area contributed by atoms with Crippen LogP contribution in [0.3, 0.4) is 0 Å². The van der Waals surface area contributed by atoms with E-state index in [9.17, 15) is 0 Å². The van der Waals surface area contributed by atoms with E-state index in [1.54, 1.807) is 0 Å². The lowest BCUT2D eigenvalue weighted by molar-refractivity contribution is 0.482. The summed E-state index contributed by atoms with van der Waals surface area (Å²) in [4.78, 5) is 0. The molecule has 0 aliphatic carbocycles. The molecule has 0 aliphatic heterocycles. The van der Waals surface area contributed by atoms with E-state index in [4.69, 9.17) is 4.74 Å². The second-order valence-electron chi connectivity index (χ2n) is 4.41. The molecule has 0 heterocycles. The highest BCUT2D eigenvalue weighted by atomic mass is 79.9. The van der Waals surface area contributed by atoms with Gasteiger partial charge in [0, 0.05) is 4.47 Å². The smallest absolute Gasteiger partial charge is 0.127 e. The van der Waals surface area contributed by atoms with E-state index in [0.29, 0.717) is 0 Å². The van der Waals surface area contributed by atoms with Crippen molar-refractivity contribution in [2.24, 2.45) is 0 Å². The molecule has 0 saturated carbocycles. The molecule has 94 valence electrons. The molecule has 0 aliphatic rings. The van der Waals surface area contributed by atoms with E-state index in [1.165, 1.54) is 17.5 Å². The molecule has 0 bridgehead atoms. The second kappa shape index (κ2) is 6.05. The predicted molar refractivity (Wildman–Crippen MR) is 79.4 cm³/mol. The number of benzene rings is 2. The fraction of sp³-hybridized carbons (Fsp3) is 0.250. The van der Waals surface area contributed by atoms with Gasteiger partial charge in [-0.25, -0.2) is 0 Å². The Balaban J connectivity index is 2.10. The summed E-state index contributed by atoms with van der Waals surface area (Å²) in [5.74, 6) is 1.76. The van der Waals surface area contributed by atoms with E-state index in [1.807, 2.05) is 30.3 Å². The average molecular weight is 305 g/mol. The molecule has 0 radical (unpaired) electrons. The molecule has 0 unspecified atom stereocenters. The molecule has 1 nitrogen and oxygen atoms in total. The summed E-state index contributed by atoms with van der Waals surface area (Å²) in [7, 11) is 0. The summed E-state index contributed by atoms with van der Waals surface area (Å²) in [6, 6.07) is 14.3. The summed E-state index contributed by atoms with van der Waals surface area (Å²) in [6.45, 7) is 4.25. The normalized spacial score (nSPS) is 10.4. The van der Waals surface area contributed by atoms with Gasteiger partial charge in [0.25, 0.3) is 0 Å². The minimum absolute atomic E-state index is 0.874. The molecule has 0 fully saturated rings. The Labute approximate surface area is 117 Å². The van der Waals surface area contributed by atoms with E-state index in [2.05, 4.69) is 41.9 Å². The topological polar surface area (TPSA) is 9.23 Å². The number of rotatable bonds is 4. The van der Waals surface area contributed by atoms with E-state index < -0.39 is 0 Å². The monoisotopic (exact) mass is 304 g/mol. The van der Waals surface area contributed by atoms with Crippen LogP contribution in [0.5, 0.6) is 11.5 Å². The lowest BCUT2D eigenvalue weighted by Crippen LogP contribution is -1.87. The zero-order chi connectivity index (χ0) is 13.0. The van der Waals surface area contributed by atoms with Crippen LogP contribution in [-0.2, 0) is 6.42 Å². The zero-order valence-electron chi connectivity index (χ0n) is 10.7. The largest absolute Gasteiger partial charge is 0.457 e. The Morgan fingerprint density at radius 3 is 2.28 bits per heavy atom. The van der Waals surface area contributed by atoms with Crippen molar-refractivity contribution in [1.82, 2.24) is 0 Å². The van der Waals surface area contributed by atoms with Gasteiger partial charge in [-0.1, -0.05) is 41.4 Å². The van der Waals surface area contributed by atoms with Gasteiger partial charge in [0.15, 0.2) is 0 Å². The van der Waals surface area contributed by atoms with Crippen molar-refractivity contribution >= 4 is 15.9 Å². The fourth-order valence-corrected chi connectivity index (χ4v) is 2.08. The van der Waals surface area contributed by atoms with Crippen molar-refractivity contribution in [3.05, 3.63) is 58.1 Å². The maximum Gasteiger partial charge on any atom is 0.127 e. The summed E-state index contributed by atoms with van der Waals surface area (Å²) in [5.41, 5.74) is 2.53. The van der Waals surface area contributed by atoms with Gasteiger partial charge in [0.05, 0.1) is 0 Å². The van der Waals surface area contributed by atoms with Crippen LogP contribution < -0.4 is 4.74 Å². The molecule has 0 N–H and O–H groups in total. The van der Waals surface area contributed by atoms with Gasteiger partial charge in [-0.05, 0) is 54.8 Å². The Kier molecular flexibility index (Phi) is 4.43. The number of halogens is 1. The van der Waals surface area contributed by atoms with Crippen molar-refractivity contribution in [2.45, 2.75) is 26.7 Å². The number of aryl methyl sites for hydroxylation is 2. The predicted octanol–water partition coefficient (Wildman–Crippen LogP) is 5.50. The Morgan fingerprint density at radius 2 is 1.67 bits per heavy atom. The van der Waals surface area contributed by atoms with Crippen molar-refractivity contribution in [3.63, 3.8) is 0 Å². The molecular formula is C16H17BrO. The second-order valence-corrected chi connectivity index (χ2v) is 5.26. The van der Waals surface area contributed by atoms with Crippen LogP contribution in [0, 0.1) is 6.92 Å². The maximum absolute atomic E-state index is 5.83. The highest BCUT2D eigenvalue weighted by molar-refractivity contribution is 9.10. The summed E-state index contributed by atoms with van der Waals surface area (Å²) in [6.07, 6.45) is 2.30. The van der Waals surface area contributed by atoms with Gasteiger partial charge >= 0.3 is 0 Å². The van der Waals surface area contributed by atoms with E-state index in [-0.39, 0.29) is 0 Å². The van der Waals surface area contributed by atoms with Gasteiger partial charge in [-0.3, -0.25) is 0 Å². The summed E-state index contributed by atoms with van der Waals surface area (Å²) < 4.78 is 6.93. The fourth-order valence-electron chi connectivity index (χ4n) is 1.83. The highest BCUT2D eigenvalue weighted by Gasteiger charge is 2.00. The minimum Gasteiger partial charge on any atom is -0.457 e. The van der Waals surface area contributed by atoms with Crippen LogP contribution in [0.25, 0.3) is 0 Å². The third-order valence-corrected chi connectivity index (χ3v) is 3.72. The van der Waals surface area contributed by atoms with E-state index in [0.717, 1.165) is 22.4 Å². The first-order valence-electron chi connectivity index (χ1n) is 6.22. The maximum atomic E-state index is 5.83. The molecular weight excluding hydrogens is 288 g/mol. The molecule has 0 amide bonds. The van der Waals surface area contributed by atoms with Crippen LogP contribution in [0.4, 0.5) is 0 Å². The number of hydrogen-bond donors (Lipinski definition) is 0. The molecule has 2 rings (SSSR count). The first kappa shape index (κ1) is 13.2. The molecule has 0 aromatic heterocycles. The third kappa shape index (κ3) is 3.36. The molecule has 2 heteroatoms. The van der Waals surface area contributed by atoms with Crippen LogP contribution in [0.1, 0.15) is 24.5 Å². The lowest BCUT2D eigenvalue weighted by atomic mass is 10.1. The minimum atomic E-state index is 0.874. The lowest BCUT2D eigenvalue weighted by Gasteiger charge is -2.08. The molecule has 0 saturated heterocycles. The van der Waals surface area contributed by atoms with E-state index >= 15 is 0 Å². The van der Waals surface area contributed by atoms with Crippen LogP contribution in [0.2, 0.25) is 0 Å². The zero-order valence-corrected chi connectivity index (χ0v) is 12.3. The van der Waals surface area contributed by atoms with Crippen molar-refractivity contribution < 1.29 is 4.74 Å². The first-order valence-corrected chi connectivity index (χ1v) is 7.01. The van der Waals surface area contributed by atoms with Crippen molar-refractivity contribution in [1.29, 1.82) is 0 Å². The Hall–Kier alpha value is -1.28. The first-order chi connectivity index (χ1) is 8.69. The average Bonchev–Trinajstić information content (AvgIpc) is 2.37. The quantitative estimate of drug-likeness (QED) is 0.724. The molecule has 0 spiro atoms. The van der Waals surface area contributed by atoms with Gasteiger partial charge in [-0.2, -0.15) is 0 Å². The summed E-state index contributed by atoms with van der Waals surface area (Å²) >= 11 is 3.49. The van der Waals surface area contributed by atoms with Gasteiger partial charge in [0.2, 0.25) is 0 Å². The number of hydrogen-bond acceptors (Lipinski definition) is 1. The Morgan fingerprint density at radius 1 is 1.00 bits per heavy atom. The third-order valence-electron chi connectivity index (χ3n) is 2.83. The summed E-state index contributed by atoms with van der Waals surface area (Å²) in [5, 5.41) is 0. The van der Waals surface area contributed by atoms with Crippen LogP contribution in [-0.4, -0.2) is 0 Å². The molecule has 2 aromatic carbocycles. The SMILES string of the molecule is CCCc1ccc(Oc2ccc(Br)c(C)c2)cc1. The van der Waals surface area contributed by atoms with Crippen LogP contribution in [0.15, 0.2) is 46.9 Å². The number of ether oxygens (including phenoxy) is 1. The van der Waals surface area contributed by atoms with Crippen molar-refractivity contribution in [2.75, 3.05) is 0 Å². The van der Waals surface area contributed by atoms with Gasteiger partial charge < -0.3 is 4.74 Å². The van der Waals surface area contributed by atoms with Gasteiger partial charge in [0.1, 0.15) is 11.5 Å². The Bertz CT molecular complexity index is 517. The molecule has 0 atom stereocenters. The van der Waals surface area contributed by atoms with Gasteiger partial charge in [-0.15, -0.1) is 0 Å². The molecule has 2 aromatic rings. The van der Waals surface area contributed by atoms with Crippen LogP contribution >= 0.6 is 15.9 Å².